The molecule has 1 aliphatic rings. The molecule has 1 atom stereocenters. The fraction of sp³-hybridized carbons (Fsp3) is 0.500. The van der Waals surface area contributed by atoms with Crippen LogP contribution in [0.4, 0.5) is 0 Å². The van der Waals surface area contributed by atoms with E-state index in [-0.39, 0.29) is 0 Å². The number of hydrogen-bond donors (Lipinski definition) is 3. The number of ether oxygens (including phenoxy) is 3. The van der Waals surface area contributed by atoms with Crippen molar-refractivity contribution >= 4 is 11.9 Å². The van der Waals surface area contributed by atoms with Crippen LogP contribution in [0.1, 0.15) is 18.4 Å². The van der Waals surface area contributed by atoms with Gasteiger partial charge in [-0.05, 0) is 31.0 Å². The molecule has 8 nitrogen and oxygen atoms in total. The maximum Gasteiger partial charge on any atom is 0.414 e. The Morgan fingerprint density at radius 2 is 1.96 bits per heavy atom. The predicted molar refractivity (Wildman–Crippen MR) is 85.5 cm³/mol. The predicted octanol–water partition coefficient (Wildman–Crippen LogP) is 1.13. The summed E-state index contributed by atoms with van der Waals surface area (Å²) < 4.78 is 16.1. The SMILES string of the molecule is COc1ccc(OC)c(CNCC2CCCO2)c1.O=C(O)C(=O)O. The van der Waals surface area contributed by atoms with Gasteiger partial charge in [0, 0.05) is 25.3 Å². The van der Waals surface area contributed by atoms with E-state index in [0.717, 1.165) is 43.2 Å². The van der Waals surface area contributed by atoms with Crippen LogP contribution < -0.4 is 14.8 Å². The van der Waals surface area contributed by atoms with Crippen LogP contribution in [0, 0.1) is 0 Å². The van der Waals surface area contributed by atoms with E-state index in [4.69, 9.17) is 34.0 Å². The third-order valence-corrected chi connectivity index (χ3v) is 3.38. The molecule has 1 aromatic carbocycles. The number of nitrogens with one attached hydrogen (secondary N) is 1. The van der Waals surface area contributed by atoms with Crippen LogP contribution in [0.3, 0.4) is 0 Å². The summed E-state index contributed by atoms with van der Waals surface area (Å²) in [6.45, 7) is 2.55. The summed E-state index contributed by atoms with van der Waals surface area (Å²) in [4.78, 5) is 18.2. The Bertz CT molecular complexity index is 529. The number of methoxy groups -OCH3 is 2. The van der Waals surface area contributed by atoms with Crippen LogP contribution in [0.15, 0.2) is 18.2 Å². The largest absolute Gasteiger partial charge is 0.497 e. The first-order valence-electron chi connectivity index (χ1n) is 7.47. The fourth-order valence-corrected chi connectivity index (χ4v) is 2.19. The average molecular weight is 341 g/mol. The lowest BCUT2D eigenvalue weighted by atomic mass is 10.1. The van der Waals surface area contributed by atoms with Crippen LogP contribution >= 0.6 is 0 Å². The first-order valence-corrected chi connectivity index (χ1v) is 7.47. The molecule has 8 heteroatoms. The highest BCUT2D eigenvalue weighted by molar-refractivity contribution is 6.27. The number of rotatable bonds is 6. The summed E-state index contributed by atoms with van der Waals surface area (Å²) in [5.74, 6) is -1.91. The van der Waals surface area contributed by atoms with Crippen LogP contribution in [0.2, 0.25) is 0 Å². The molecule has 0 amide bonds. The summed E-state index contributed by atoms with van der Waals surface area (Å²) in [5, 5.41) is 18.2. The molecule has 0 aliphatic carbocycles. The molecule has 0 bridgehead atoms. The zero-order valence-electron chi connectivity index (χ0n) is 13.8. The van der Waals surface area contributed by atoms with Crippen molar-refractivity contribution < 1.29 is 34.0 Å². The maximum atomic E-state index is 9.10. The molecular formula is C16H23NO7. The molecule has 0 saturated carbocycles. The molecule has 0 spiro atoms. The van der Waals surface area contributed by atoms with Crippen LogP contribution in [0.25, 0.3) is 0 Å². The van der Waals surface area contributed by atoms with Crippen LogP contribution in [0.5, 0.6) is 11.5 Å². The van der Waals surface area contributed by atoms with Crippen molar-refractivity contribution in [2.75, 3.05) is 27.4 Å². The zero-order valence-corrected chi connectivity index (χ0v) is 13.8. The Morgan fingerprint density at radius 1 is 1.25 bits per heavy atom. The molecular weight excluding hydrogens is 318 g/mol. The van der Waals surface area contributed by atoms with Gasteiger partial charge in [0.05, 0.1) is 20.3 Å². The topological polar surface area (TPSA) is 114 Å². The lowest BCUT2D eigenvalue weighted by Crippen LogP contribution is -2.25. The maximum absolute atomic E-state index is 9.10. The highest BCUT2D eigenvalue weighted by atomic mass is 16.5. The summed E-state index contributed by atoms with van der Waals surface area (Å²) in [6.07, 6.45) is 2.69. The molecule has 2 rings (SSSR count). The third kappa shape index (κ3) is 6.84. The highest BCUT2D eigenvalue weighted by Crippen LogP contribution is 2.23. The fourth-order valence-electron chi connectivity index (χ4n) is 2.19. The summed E-state index contributed by atoms with van der Waals surface area (Å²) in [5.41, 5.74) is 1.11. The number of hydrogen-bond acceptors (Lipinski definition) is 6. The van der Waals surface area contributed by atoms with Crippen molar-refractivity contribution in [1.29, 1.82) is 0 Å². The lowest BCUT2D eigenvalue weighted by molar-refractivity contribution is -0.159. The van der Waals surface area contributed by atoms with Gasteiger partial charge in [-0.15, -0.1) is 0 Å². The minimum Gasteiger partial charge on any atom is -0.497 e. The van der Waals surface area contributed by atoms with Crippen LogP contribution in [-0.2, 0) is 20.9 Å². The minimum absolute atomic E-state index is 0.363. The van der Waals surface area contributed by atoms with Gasteiger partial charge in [-0.1, -0.05) is 0 Å². The van der Waals surface area contributed by atoms with E-state index >= 15 is 0 Å². The molecule has 1 aliphatic heterocycles. The van der Waals surface area contributed by atoms with Gasteiger partial charge in [-0.2, -0.15) is 0 Å². The van der Waals surface area contributed by atoms with Gasteiger partial charge in [-0.25, -0.2) is 9.59 Å². The van der Waals surface area contributed by atoms with Gasteiger partial charge in [0.15, 0.2) is 0 Å². The molecule has 24 heavy (non-hydrogen) atoms. The van der Waals surface area contributed by atoms with E-state index < -0.39 is 11.9 Å². The first kappa shape index (κ1) is 19.7. The quantitative estimate of drug-likeness (QED) is 0.660. The van der Waals surface area contributed by atoms with E-state index in [1.165, 1.54) is 6.42 Å². The smallest absolute Gasteiger partial charge is 0.414 e. The minimum atomic E-state index is -1.82. The van der Waals surface area contributed by atoms with Crippen molar-refractivity contribution in [1.82, 2.24) is 5.32 Å². The van der Waals surface area contributed by atoms with E-state index in [9.17, 15) is 0 Å². The Balaban J connectivity index is 0.000000413. The van der Waals surface area contributed by atoms with Gasteiger partial charge in [0.2, 0.25) is 0 Å². The number of carboxylic acids is 2. The van der Waals surface area contributed by atoms with Gasteiger partial charge in [0.25, 0.3) is 0 Å². The molecule has 1 unspecified atom stereocenters. The second-order valence-corrected chi connectivity index (χ2v) is 5.05. The Labute approximate surface area is 140 Å². The summed E-state index contributed by atoms with van der Waals surface area (Å²) >= 11 is 0. The Morgan fingerprint density at radius 3 is 2.46 bits per heavy atom. The molecule has 1 heterocycles. The monoisotopic (exact) mass is 341 g/mol. The van der Waals surface area contributed by atoms with E-state index in [1.54, 1.807) is 14.2 Å². The van der Waals surface area contributed by atoms with Gasteiger partial charge < -0.3 is 29.7 Å². The first-order chi connectivity index (χ1) is 11.5. The van der Waals surface area contributed by atoms with Crippen molar-refractivity contribution in [2.45, 2.75) is 25.5 Å². The third-order valence-electron chi connectivity index (χ3n) is 3.38. The second-order valence-electron chi connectivity index (χ2n) is 5.05. The van der Waals surface area contributed by atoms with Gasteiger partial charge >= 0.3 is 11.9 Å². The van der Waals surface area contributed by atoms with E-state index in [2.05, 4.69) is 5.32 Å². The number of aliphatic carboxylic acids is 2. The number of benzene rings is 1. The van der Waals surface area contributed by atoms with E-state index in [1.807, 2.05) is 18.2 Å². The van der Waals surface area contributed by atoms with Gasteiger partial charge in [0.1, 0.15) is 11.5 Å². The molecule has 134 valence electrons. The van der Waals surface area contributed by atoms with Crippen molar-refractivity contribution in [2.24, 2.45) is 0 Å². The molecule has 1 fully saturated rings. The Hall–Kier alpha value is -2.32. The zero-order chi connectivity index (χ0) is 17.9. The number of carbonyl (C=O) groups is 2. The van der Waals surface area contributed by atoms with Crippen molar-refractivity contribution in [3.8, 4) is 11.5 Å². The molecule has 1 aromatic rings. The van der Waals surface area contributed by atoms with Crippen molar-refractivity contribution in [3.63, 3.8) is 0 Å². The average Bonchev–Trinajstić information content (AvgIpc) is 3.08. The number of carboxylic acid groups (broad SMARTS) is 2. The standard InChI is InChI=1S/C14H21NO3.C2H2O4/c1-16-12-5-6-14(17-2)11(8-12)9-15-10-13-4-3-7-18-13;3-1(4)2(5)6/h5-6,8,13,15H,3-4,7,9-10H2,1-2H3;(H,3,4)(H,5,6). The second kappa shape index (κ2) is 10.5. The van der Waals surface area contributed by atoms with Crippen LogP contribution in [-0.4, -0.2) is 55.6 Å². The molecule has 3 N–H and O–H groups in total. The molecule has 0 radical (unpaired) electrons. The van der Waals surface area contributed by atoms with Crippen molar-refractivity contribution in [3.05, 3.63) is 23.8 Å². The normalized spacial score (nSPS) is 16.0. The van der Waals surface area contributed by atoms with Gasteiger partial charge in [-0.3, -0.25) is 0 Å². The molecule has 0 aromatic heterocycles. The summed E-state index contributed by atoms with van der Waals surface area (Å²) in [6, 6.07) is 5.84. The molecule has 1 saturated heterocycles. The highest BCUT2D eigenvalue weighted by Gasteiger charge is 2.15. The lowest BCUT2D eigenvalue weighted by Gasteiger charge is -2.13. The summed E-state index contributed by atoms with van der Waals surface area (Å²) in [7, 11) is 3.36. The van der Waals surface area contributed by atoms with E-state index in [0.29, 0.717) is 6.10 Å². The Kier molecular flexibility index (Phi) is 8.59.